The van der Waals surface area contributed by atoms with Gasteiger partial charge in [-0.25, -0.2) is 5.43 Å². The Morgan fingerprint density at radius 2 is 2.08 bits per heavy atom. The van der Waals surface area contributed by atoms with E-state index in [0.717, 1.165) is 6.42 Å². The molecule has 1 fully saturated rings. The first-order valence-electron chi connectivity index (χ1n) is 4.32. The molecule has 5 heteroatoms. The molecule has 1 aliphatic heterocycles. The van der Waals surface area contributed by atoms with E-state index in [-0.39, 0.29) is 11.4 Å². The van der Waals surface area contributed by atoms with Crippen LogP contribution in [0.15, 0.2) is 0 Å². The number of carbonyl (C=O) groups is 1. The Hall–Kier alpha value is -0.650. The van der Waals surface area contributed by atoms with Crippen LogP contribution < -0.4 is 16.3 Å². The molecule has 1 heterocycles. The van der Waals surface area contributed by atoms with E-state index < -0.39 is 5.72 Å². The summed E-state index contributed by atoms with van der Waals surface area (Å²) < 4.78 is 0. The third-order valence-electron chi connectivity index (χ3n) is 1.83. The monoisotopic (exact) mass is 187 g/mol. The molecule has 13 heavy (non-hydrogen) atoms. The molecule has 1 atom stereocenters. The van der Waals surface area contributed by atoms with Crippen LogP contribution >= 0.6 is 0 Å². The van der Waals surface area contributed by atoms with E-state index in [1.165, 1.54) is 6.92 Å². The van der Waals surface area contributed by atoms with Crippen molar-refractivity contribution in [2.24, 2.45) is 0 Å². The third-order valence-corrected chi connectivity index (χ3v) is 1.83. The molecule has 0 aliphatic carbocycles. The van der Waals surface area contributed by atoms with Gasteiger partial charge in [-0.2, -0.15) is 5.48 Å². The standard InChI is InChI=1S/C8H17N3O2/c1-6(12)9-10-8(4)5-7(2,3)11-13-8/h10-11H,5H2,1-4H3,(H,9,12). The molecule has 1 aliphatic rings. The highest BCUT2D eigenvalue weighted by Gasteiger charge is 2.41. The van der Waals surface area contributed by atoms with Crippen molar-refractivity contribution in [2.75, 3.05) is 0 Å². The molecule has 1 unspecified atom stereocenters. The number of amides is 1. The van der Waals surface area contributed by atoms with Crippen LogP contribution in [0.5, 0.6) is 0 Å². The normalized spacial score (nSPS) is 31.7. The fourth-order valence-corrected chi connectivity index (χ4v) is 1.46. The van der Waals surface area contributed by atoms with E-state index in [2.05, 4.69) is 16.3 Å². The smallest absolute Gasteiger partial charge is 0.231 e. The molecular formula is C8H17N3O2. The van der Waals surface area contributed by atoms with Crippen molar-refractivity contribution in [3.8, 4) is 0 Å². The first kappa shape index (κ1) is 10.4. The second-order valence-electron chi connectivity index (χ2n) is 4.30. The molecule has 1 rings (SSSR count). The lowest BCUT2D eigenvalue weighted by Crippen LogP contribution is -2.52. The number of hydrazine groups is 1. The molecule has 76 valence electrons. The van der Waals surface area contributed by atoms with Gasteiger partial charge in [-0.15, -0.1) is 0 Å². The minimum atomic E-state index is -0.533. The van der Waals surface area contributed by atoms with Crippen molar-refractivity contribution in [1.82, 2.24) is 16.3 Å². The van der Waals surface area contributed by atoms with Crippen molar-refractivity contribution >= 4 is 5.91 Å². The van der Waals surface area contributed by atoms with Crippen molar-refractivity contribution in [2.45, 2.75) is 45.4 Å². The van der Waals surface area contributed by atoms with Crippen molar-refractivity contribution < 1.29 is 9.63 Å². The van der Waals surface area contributed by atoms with Crippen molar-refractivity contribution in [1.29, 1.82) is 0 Å². The number of hydrogen-bond donors (Lipinski definition) is 3. The Balaban J connectivity index is 2.45. The highest BCUT2D eigenvalue weighted by atomic mass is 16.7. The van der Waals surface area contributed by atoms with Crippen molar-refractivity contribution in [3.05, 3.63) is 0 Å². The Kier molecular flexibility index (Phi) is 2.61. The van der Waals surface area contributed by atoms with E-state index >= 15 is 0 Å². The van der Waals surface area contributed by atoms with Crippen LogP contribution in [-0.2, 0) is 9.63 Å². The quantitative estimate of drug-likeness (QED) is 0.534. The Bertz CT molecular complexity index is 217. The average molecular weight is 187 g/mol. The zero-order chi connectivity index (χ0) is 10.1. The zero-order valence-electron chi connectivity index (χ0n) is 8.52. The van der Waals surface area contributed by atoms with Gasteiger partial charge in [0.15, 0.2) is 5.72 Å². The maximum Gasteiger partial charge on any atom is 0.231 e. The summed E-state index contributed by atoms with van der Waals surface area (Å²) in [6, 6.07) is 0. The molecule has 0 spiro atoms. The second-order valence-corrected chi connectivity index (χ2v) is 4.30. The van der Waals surface area contributed by atoms with Crippen LogP contribution in [0.4, 0.5) is 0 Å². The van der Waals surface area contributed by atoms with Gasteiger partial charge in [0.05, 0.1) is 0 Å². The largest absolute Gasteiger partial charge is 0.289 e. The van der Waals surface area contributed by atoms with E-state index in [1.807, 2.05) is 20.8 Å². The molecule has 0 aromatic heterocycles. The van der Waals surface area contributed by atoms with Crippen LogP contribution in [0.3, 0.4) is 0 Å². The maximum absolute atomic E-state index is 10.7. The van der Waals surface area contributed by atoms with Gasteiger partial charge >= 0.3 is 0 Å². The average Bonchev–Trinajstić information content (AvgIpc) is 2.23. The Morgan fingerprint density at radius 3 is 2.46 bits per heavy atom. The predicted octanol–water partition coefficient (Wildman–Crippen LogP) is 0.0468. The van der Waals surface area contributed by atoms with Crippen LogP contribution in [0.1, 0.15) is 34.1 Å². The van der Waals surface area contributed by atoms with E-state index in [0.29, 0.717) is 0 Å². The summed E-state index contributed by atoms with van der Waals surface area (Å²) in [5, 5.41) is 0. The maximum atomic E-state index is 10.7. The number of rotatable bonds is 2. The number of hydrogen-bond acceptors (Lipinski definition) is 4. The fraction of sp³-hybridized carbons (Fsp3) is 0.875. The highest BCUT2D eigenvalue weighted by molar-refractivity contribution is 5.72. The number of carbonyl (C=O) groups excluding carboxylic acids is 1. The van der Waals surface area contributed by atoms with Crippen LogP contribution in [-0.4, -0.2) is 17.2 Å². The molecule has 0 bridgehead atoms. The molecular weight excluding hydrogens is 170 g/mol. The number of nitrogens with one attached hydrogen (secondary N) is 3. The molecule has 0 saturated carbocycles. The van der Waals surface area contributed by atoms with Crippen LogP contribution in [0.2, 0.25) is 0 Å². The zero-order valence-corrected chi connectivity index (χ0v) is 8.52. The lowest BCUT2D eigenvalue weighted by molar-refractivity contribution is -0.125. The molecule has 5 nitrogen and oxygen atoms in total. The third kappa shape index (κ3) is 2.95. The molecule has 0 aromatic carbocycles. The summed E-state index contributed by atoms with van der Waals surface area (Å²) in [5.41, 5.74) is 7.64. The minimum Gasteiger partial charge on any atom is -0.289 e. The molecule has 1 saturated heterocycles. The summed E-state index contributed by atoms with van der Waals surface area (Å²) in [5.74, 6) is -0.130. The van der Waals surface area contributed by atoms with E-state index in [1.54, 1.807) is 0 Å². The summed E-state index contributed by atoms with van der Waals surface area (Å²) in [6.45, 7) is 7.40. The van der Waals surface area contributed by atoms with Crippen LogP contribution in [0, 0.1) is 0 Å². The van der Waals surface area contributed by atoms with Gasteiger partial charge in [0.25, 0.3) is 0 Å². The predicted molar refractivity (Wildman–Crippen MR) is 48.3 cm³/mol. The fourth-order valence-electron chi connectivity index (χ4n) is 1.46. The SMILES string of the molecule is CC(=O)NNC1(C)CC(C)(C)NO1. The Morgan fingerprint density at radius 1 is 1.46 bits per heavy atom. The summed E-state index contributed by atoms with van der Waals surface area (Å²) in [4.78, 5) is 16.0. The molecule has 0 radical (unpaired) electrons. The van der Waals surface area contributed by atoms with E-state index in [4.69, 9.17) is 4.84 Å². The number of hydroxylamine groups is 1. The second kappa shape index (κ2) is 3.25. The molecule has 1 amide bonds. The Labute approximate surface area is 78.1 Å². The van der Waals surface area contributed by atoms with Crippen molar-refractivity contribution in [3.63, 3.8) is 0 Å². The van der Waals surface area contributed by atoms with Crippen LogP contribution in [0.25, 0.3) is 0 Å². The van der Waals surface area contributed by atoms with Gasteiger partial charge in [0.1, 0.15) is 0 Å². The van der Waals surface area contributed by atoms with E-state index in [9.17, 15) is 4.79 Å². The van der Waals surface area contributed by atoms with Gasteiger partial charge in [0.2, 0.25) is 5.91 Å². The van der Waals surface area contributed by atoms with Gasteiger partial charge in [0, 0.05) is 18.9 Å². The van der Waals surface area contributed by atoms with Gasteiger partial charge in [-0.05, 0) is 20.8 Å². The minimum absolute atomic E-state index is 0.0692. The first-order valence-corrected chi connectivity index (χ1v) is 4.32. The summed E-state index contributed by atoms with van der Waals surface area (Å²) in [6.07, 6.45) is 0.778. The topological polar surface area (TPSA) is 62.4 Å². The summed E-state index contributed by atoms with van der Waals surface area (Å²) in [7, 11) is 0. The van der Waals surface area contributed by atoms with Gasteiger partial charge in [-0.1, -0.05) is 0 Å². The molecule has 3 N–H and O–H groups in total. The first-order chi connectivity index (χ1) is 5.83. The highest BCUT2D eigenvalue weighted by Crippen LogP contribution is 2.27. The summed E-state index contributed by atoms with van der Waals surface area (Å²) >= 11 is 0. The lowest BCUT2D eigenvalue weighted by Gasteiger charge is -2.23. The lowest BCUT2D eigenvalue weighted by atomic mass is 9.97. The van der Waals surface area contributed by atoms with Gasteiger partial charge < -0.3 is 0 Å². The molecule has 0 aromatic rings. The van der Waals surface area contributed by atoms with Gasteiger partial charge in [-0.3, -0.25) is 15.1 Å².